The molecular formula is C16H20F3NO2. The van der Waals surface area contributed by atoms with Gasteiger partial charge in [0.05, 0.1) is 5.54 Å². The van der Waals surface area contributed by atoms with Gasteiger partial charge in [-0.1, -0.05) is 18.2 Å². The normalized spacial score (nSPS) is 13.5. The Morgan fingerprint density at radius 1 is 1.14 bits per heavy atom. The highest BCUT2D eigenvalue weighted by Crippen LogP contribution is 2.29. The number of nitrogens with zero attached hydrogens (tertiary/aromatic N) is 1. The van der Waals surface area contributed by atoms with E-state index in [2.05, 4.69) is 9.73 Å². The first-order valence-corrected chi connectivity index (χ1v) is 6.77. The summed E-state index contributed by atoms with van der Waals surface area (Å²) in [6, 6.07) is 6.72. The summed E-state index contributed by atoms with van der Waals surface area (Å²) in [5.74, 6) is -2.20. The zero-order valence-corrected chi connectivity index (χ0v) is 13.3. The number of halogens is 3. The third-order valence-electron chi connectivity index (χ3n) is 2.76. The van der Waals surface area contributed by atoms with Crippen molar-refractivity contribution in [2.45, 2.75) is 51.9 Å². The summed E-state index contributed by atoms with van der Waals surface area (Å²) >= 11 is 0. The van der Waals surface area contributed by atoms with E-state index in [4.69, 9.17) is 0 Å². The Hall–Kier alpha value is -1.85. The second kappa shape index (κ2) is 6.10. The van der Waals surface area contributed by atoms with Crippen LogP contribution in [0.3, 0.4) is 0 Å². The molecular weight excluding hydrogens is 295 g/mol. The number of rotatable bonds is 3. The molecule has 0 radical (unpaired) electrons. The first kappa shape index (κ1) is 18.2. The van der Waals surface area contributed by atoms with Gasteiger partial charge in [-0.3, -0.25) is 4.99 Å². The van der Waals surface area contributed by atoms with Crippen LogP contribution in [-0.4, -0.2) is 23.9 Å². The number of carbonyl (C=O) groups excluding carboxylic acids is 1. The molecule has 0 atom stereocenters. The van der Waals surface area contributed by atoms with Gasteiger partial charge in [0.1, 0.15) is 5.60 Å². The average Bonchev–Trinajstić information content (AvgIpc) is 2.34. The van der Waals surface area contributed by atoms with Crippen LogP contribution in [0.25, 0.3) is 0 Å². The van der Waals surface area contributed by atoms with Gasteiger partial charge in [0.25, 0.3) is 0 Å². The van der Waals surface area contributed by atoms with Crippen molar-refractivity contribution in [2.24, 2.45) is 4.99 Å². The van der Waals surface area contributed by atoms with E-state index in [9.17, 15) is 18.0 Å². The largest absolute Gasteiger partial charge is 0.490 e. The first-order valence-electron chi connectivity index (χ1n) is 6.77. The molecule has 0 aromatic heterocycles. The van der Waals surface area contributed by atoms with Gasteiger partial charge in [0, 0.05) is 6.21 Å². The minimum absolute atomic E-state index is 0.256. The van der Waals surface area contributed by atoms with Crippen LogP contribution in [0.2, 0.25) is 0 Å². The lowest BCUT2D eigenvalue weighted by molar-refractivity contribution is -0.212. The number of hydrogen-bond acceptors (Lipinski definition) is 3. The molecule has 1 aromatic carbocycles. The molecule has 0 bridgehead atoms. The second-order valence-corrected chi connectivity index (χ2v) is 6.45. The molecule has 0 amide bonds. The molecule has 0 aliphatic carbocycles. The molecule has 0 spiro atoms. The second-order valence-electron chi connectivity index (χ2n) is 6.45. The maximum atomic E-state index is 12.3. The monoisotopic (exact) mass is 315 g/mol. The van der Waals surface area contributed by atoms with Crippen LogP contribution in [0.15, 0.2) is 29.3 Å². The van der Waals surface area contributed by atoms with Gasteiger partial charge in [0.2, 0.25) is 0 Å². The van der Waals surface area contributed by atoms with Crippen LogP contribution in [0, 0.1) is 0 Å². The maximum absolute atomic E-state index is 12.3. The van der Waals surface area contributed by atoms with Crippen LogP contribution < -0.4 is 0 Å². The van der Waals surface area contributed by atoms with E-state index in [0.29, 0.717) is 5.56 Å². The van der Waals surface area contributed by atoms with Crippen molar-refractivity contribution in [1.82, 2.24) is 0 Å². The molecule has 3 nitrogen and oxygen atoms in total. The zero-order chi connectivity index (χ0) is 17.2. The number of carbonyl (C=O) groups is 1. The Morgan fingerprint density at radius 2 is 1.73 bits per heavy atom. The highest BCUT2D eigenvalue weighted by Gasteiger charge is 2.44. The standard InChI is InChI=1S/C16H20F3NO2/c1-14(2,3)20-10-11-7-6-8-12(9-11)15(4,5)22-13(21)16(17,18)19/h6-10H,1-5H3. The van der Waals surface area contributed by atoms with Crippen LogP contribution >= 0.6 is 0 Å². The van der Waals surface area contributed by atoms with E-state index in [0.717, 1.165) is 5.56 Å². The summed E-state index contributed by atoms with van der Waals surface area (Å²) in [5.41, 5.74) is -0.460. The van der Waals surface area contributed by atoms with Gasteiger partial charge in [-0.25, -0.2) is 4.79 Å². The Morgan fingerprint density at radius 3 is 2.23 bits per heavy atom. The predicted molar refractivity (Wildman–Crippen MR) is 79.0 cm³/mol. The first-order chi connectivity index (χ1) is 9.81. The van der Waals surface area contributed by atoms with E-state index >= 15 is 0 Å². The van der Waals surface area contributed by atoms with Crippen LogP contribution in [-0.2, 0) is 15.1 Å². The van der Waals surface area contributed by atoms with Crippen molar-refractivity contribution in [3.05, 3.63) is 35.4 Å². The maximum Gasteiger partial charge on any atom is 0.490 e. The highest BCUT2D eigenvalue weighted by atomic mass is 19.4. The molecule has 0 aliphatic heterocycles. The number of benzene rings is 1. The molecule has 0 fully saturated rings. The fourth-order valence-electron chi connectivity index (χ4n) is 1.61. The van der Waals surface area contributed by atoms with E-state index in [1.165, 1.54) is 13.8 Å². The van der Waals surface area contributed by atoms with Gasteiger partial charge >= 0.3 is 12.1 Å². The van der Waals surface area contributed by atoms with Crippen molar-refractivity contribution in [3.63, 3.8) is 0 Å². The Kier molecular flexibility index (Phi) is 5.05. The predicted octanol–water partition coefficient (Wildman–Crippen LogP) is 4.24. The molecule has 0 saturated heterocycles. The SMILES string of the molecule is CC(C)(C)N=Cc1cccc(C(C)(C)OC(=O)C(F)(F)F)c1. The number of alkyl halides is 3. The summed E-state index contributed by atoms with van der Waals surface area (Å²) in [4.78, 5) is 15.4. The molecule has 0 saturated carbocycles. The third kappa shape index (κ3) is 5.50. The van der Waals surface area contributed by atoms with Crippen LogP contribution in [0.1, 0.15) is 45.7 Å². The van der Waals surface area contributed by atoms with Crippen LogP contribution in [0.5, 0.6) is 0 Å². The molecule has 0 heterocycles. The summed E-state index contributed by atoms with van der Waals surface area (Å²) < 4.78 is 41.6. The number of esters is 1. The molecule has 1 rings (SSSR count). The van der Waals surface area contributed by atoms with E-state index < -0.39 is 17.7 Å². The van der Waals surface area contributed by atoms with Crippen LogP contribution in [0.4, 0.5) is 13.2 Å². The van der Waals surface area contributed by atoms with Crippen molar-refractivity contribution in [2.75, 3.05) is 0 Å². The third-order valence-corrected chi connectivity index (χ3v) is 2.76. The average molecular weight is 315 g/mol. The fourth-order valence-corrected chi connectivity index (χ4v) is 1.61. The minimum atomic E-state index is -5.01. The summed E-state index contributed by atoms with van der Waals surface area (Å²) in [6.45, 7) is 8.63. The van der Waals surface area contributed by atoms with Gasteiger partial charge in [0.15, 0.2) is 0 Å². The van der Waals surface area contributed by atoms with Gasteiger partial charge in [-0.15, -0.1) is 0 Å². The van der Waals surface area contributed by atoms with Gasteiger partial charge in [-0.2, -0.15) is 13.2 Å². The van der Waals surface area contributed by atoms with Crippen molar-refractivity contribution >= 4 is 12.2 Å². The van der Waals surface area contributed by atoms with Crippen molar-refractivity contribution in [1.29, 1.82) is 0 Å². The Bertz CT molecular complexity index is 569. The Balaban J connectivity index is 3.01. The topological polar surface area (TPSA) is 38.7 Å². The molecule has 122 valence electrons. The molecule has 22 heavy (non-hydrogen) atoms. The lowest BCUT2D eigenvalue weighted by atomic mass is 9.96. The molecule has 0 unspecified atom stereocenters. The molecule has 1 aromatic rings. The molecule has 6 heteroatoms. The highest BCUT2D eigenvalue weighted by molar-refractivity contribution is 5.80. The fraction of sp³-hybridized carbons (Fsp3) is 0.500. The minimum Gasteiger partial charge on any atom is -0.448 e. The number of hydrogen-bond donors (Lipinski definition) is 0. The molecule has 0 aliphatic rings. The number of ether oxygens (including phenoxy) is 1. The lowest BCUT2D eigenvalue weighted by Gasteiger charge is -2.26. The molecule has 0 N–H and O–H groups in total. The van der Waals surface area contributed by atoms with E-state index in [-0.39, 0.29) is 5.54 Å². The number of aliphatic imine (C=N–C) groups is 1. The van der Waals surface area contributed by atoms with Crippen molar-refractivity contribution < 1.29 is 22.7 Å². The quantitative estimate of drug-likeness (QED) is 0.618. The Labute approximate surface area is 128 Å². The zero-order valence-electron chi connectivity index (χ0n) is 13.3. The summed E-state index contributed by atoms with van der Waals surface area (Å²) in [5, 5.41) is 0. The summed E-state index contributed by atoms with van der Waals surface area (Å²) in [7, 11) is 0. The van der Waals surface area contributed by atoms with E-state index in [1.54, 1.807) is 30.5 Å². The van der Waals surface area contributed by atoms with Gasteiger partial charge in [-0.05, 0) is 51.8 Å². The lowest BCUT2D eigenvalue weighted by Crippen LogP contribution is -2.34. The van der Waals surface area contributed by atoms with E-state index in [1.807, 2.05) is 20.8 Å². The van der Waals surface area contributed by atoms with Crippen molar-refractivity contribution in [3.8, 4) is 0 Å². The summed E-state index contributed by atoms with van der Waals surface area (Å²) in [6.07, 6.45) is -3.37. The van der Waals surface area contributed by atoms with Gasteiger partial charge < -0.3 is 4.74 Å². The smallest absolute Gasteiger partial charge is 0.448 e.